The highest BCUT2D eigenvalue weighted by Crippen LogP contribution is 2.41. The third-order valence-corrected chi connectivity index (χ3v) is 12.7. The van der Waals surface area contributed by atoms with Crippen LogP contribution in [0, 0.1) is 18.8 Å². The number of nitrogens with two attached hydrogens (primary N) is 1. The highest BCUT2D eigenvalue weighted by atomic mass is 16.3. The fraction of sp³-hybridized carbons (Fsp3) is 0.200. The van der Waals surface area contributed by atoms with Crippen molar-refractivity contribution < 1.29 is 5.11 Å². The first-order chi connectivity index (χ1) is 28.7. The van der Waals surface area contributed by atoms with E-state index in [9.17, 15) is 5.11 Å². The van der Waals surface area contributed by atoms with Crippen molar-refractivity contribution in [3.63, 3.8) is 0 Å². The third kappa shape index (κ3) is 7.29. The Labute approximate surface area is 348 Å². The first-order valence-corrected chi connectivity index (χ1v) is 21.2. The van der Waals surface area contributed by atoms with Gasteiger partial charge in [0.05, 0.1) is 22.4 Å². The molecule has 0 bridgehead atoms. The lowest BCUT2D eigenvalue weighted by Crippen LogP contribution is -2.33. The molecule has 9 rings (SSSR count). The average molecular weight is 772 g/mol. The maximum Gasteiger partial charge on any atom is 0.140 e. The van der Waals surface area contributed by atoms with Crippen molar-refractivity contribution in [2.24, 2.45) is 11.8 Å². The van der Waals surface area contributed by atoms with Crippen LogP contribution in [0.3, 0.4) is 0 Å². The summed E-state index contributed by atoms with van der Waals surface area (Å²) in [5, 5.41) is 15.6. The van der Waals surface area contributed by atoms with Crippen LogP contribution in [0.15, 0.2) is 157 Å². The number of hydrogen-bond donors (Lipinski definition) is 2. The summed E-state index contributed by atoms with van der Waals surface area (Å²) in [4.78, 5) is 2.39. The summed E-state index contributed by atoms with van der Waals surface area (Å²) in [6.07, 6.45) is 28.8. The van der Waals surface area contributed by atoms with Gasteiger partial charge in [-0.15, -0.1) is 0 Å². The van der Waals surface area contributed by atoms with Crippen LogP contribution in [0.25, 0.3) is 50.8 Å². The van der Waals surface area contributed by atoms with E-state index in [0.717, 1.165) is 58.1 Å². The van der Waals surface area contributed by atoms with Gasteiger partial charge in [-0.3, -0.25) is 0 Å². The highest BCUT2D eigenvalue weighted by Gasteiger charge is 2.22. The van der Waals surface area contributed by atoms with Crippen LogP contribution >= 0.6 is 0 Å². The molecule has 1 aromatic heterocycles. The van der Waals surface area contributed by atoms with Crippen molar-refractivity contribution in [2.75, 3.05) is 10.6 Å². The van der Waals surface area contributed by atoms with Gasteiger partial charge in [0.25, 0.3) is 0 Å². The molecule has 3 aliphatic carbocycles. The summed E-state index contributed by atoms with van der Waals surface area (Å²) in [6, 6.07) is 34.5. The largest absolute Gasteiger partial charge is 0.506 e. The number of hydrogen-bond acceptors (Lipinski definition) is 3. The van der Waals surface area contributed by atoms with Crippen molar-refractivity contribution in [1.82, 2.24) is 4.57 Å². The Morgan fingerprint density at radius 1 is 0.814 bits per heavy atom. The molecule has 6 aromatic rings. The summed E-state index contributed by atoms with van der Waals surface area (Å²) >= 11 is 0. The predicted molar refractivity (Wildman–Crippen MR) is 252 cm³/mol. The number of aromatic hydroxyl groups is 1. The van der Waals surface area contributed by atoms with Crippen molar-refractivity contribution in [3.05, 3.63) is 184 Å². The number of phenolic OH excluding ortho intramolecular Hbond substituents is 1. The SMILES string of the molecule is C/C(=C\C=C(/C)C1CC=CCC1)c1ccc(-n2c3cc(C)c(C4=CC=C(N(c5ccccc5)c5cccc6c5=CCCC=6)C=CC4C)cc3c3cc(N)c(O)cc32)cc1. The molecule has 4 nitrogen and oxygen atoms in total. The smallest absolute Gasteiger partial charge is 0.140 e. The Morgan fingerprint density at radius 3 is 2.39 bits per heavy atom. The zero-order chi connectivity index (χ0) is 40.6. The summed E-state index contributed by atoms with van der Waals surface area (Å²) < 4.78 is 2.26. The van der Waals surface area contributed by atoms with Gasteiger partial charge in [0, 0.05) is 39.1 Å². The van der Waals surface area contributed by atoms with E-state index in [1.54, 1.807) is 0 Å². The lowest BCUT2D eigenvalue weighted by atomic mass is 9.88. The zero-order valence-electron chi connectivity index (χ0n) is 34.6. The molecule has 2 atom stereocenters. The normalized spacial score (nSPS) is 18.2. The summed E-state index contributed by atoms with van der Waals surface area (Å²) in [5.41, 5.74) is 20.8. The molecule has 59 heavy (non-hydrogen) atoms. The molecular weight excluding hydrogens is 719 g/mol. The number of allylic oxidation sites excluding steroid dienone is 11. The number of para-hydroxylation sites is 1. The van der Waals surface area contributed by atoms with E-state index in [-0.39, 0.29) is 11.7 Å². The average Bonchev–Trinajstić information content (AvgIpc) is 3.42. The highest BCUT2D eigenvalue weighted by molar-refractivity contribution is 6.12. The van der Waals surface area contributed by atoms with Crippen molar-refractivity contribution >= 4 is 62.2 Å². The number of rotatable bonds is 8. The minimum absolute atomic E-state index is 0.0885. The van der Waals surface area contributed by atoms with Gasteiger partial charge in [0.1, 0.15) is 5.75 Å². The number of aryl methyl sites for hydroxylation is 1. The van der Waals surface area contributed by atoms with Gasteiger partial charge in [-0.2, -0.15) is 0 Å². The molecule has 0 radical (unpaired) electrons. The fourth-order valence-electron chi connectivity index (χ4n) is 9.23. The second kappa shape index (κ2) is 16.0. The van der Waals surface area contributed by atoms with Crippen LogP contribution in [-0.2, 0) is 0 Å². The van der Waals surface area contributed by atoms with Crippen LogP contribution in [0.1, 0.15) is 69.6 Å². The molecule has 0 fully saturated rings. The van der Waals surface area contributed by atoms with Crippen LogP contribution in [0.2, 0.25) is 0 Å². The van der Waals surface area contributed by atoms with Gasteiger partial charge >= 0.3 is 0 Å². The van der Waals surface area contributed by atoms with Crippen molar-refractivity contribution in [2.45, 2.75) is 59.8 Å². The maximum atomic E-state index is 10.9. The molecule has 0 amide bonds. The minimum Gasteiger partial charge on any atom is -0.506 e. The molecule has 0 saturated carbocycles. The van der Waals surface area contributed by atoms with Crippen LogP contribution in [-0.4, -0.2) is 9.67 Å². The lowest BCUT2D eigenvalue weighted by molar-refractivity contribution is 0.478. The van der Waals surface area contributed by atoms with E-state index in [0.29, 0.717) is 11.6 Å². The lowest BCUT2D eigenvalue weighted by Gasteiger charge is -2.27. The van der Waals surface area contributed by atoms with E-state index < -0.39 is 0 Å². The molecule has 0 aliphatic heterocycles. The number of phenols is 1. The van der Waals surface area contributed by atoms with Gasteiger partial charge < -0.3 is 20.3 Å². The first-order valence-electron chi connectivity index (χ1n) is 21.2. The van der Waals surface area contributed by atoms with Crippen LogP contribution < -0.4 is 21.1 Å². The standard InChI is InChI=1S/C55H53N3O/c1-36(40-14-7-5-8-15-40)22-23-37(2)41-25-28-45(29-26-41)58-53-32-39(4)48(33-49(53)50-34-51(56)55(59)35-54(50)58)46-31-30-44(27-24-38(46)3)57(43-18-9-6-10-19-43)52-21-13-17-42-16-11-12-20-47(42)52/h5-7,9-10,13,16-35,38,40,59H,8,11-12,14-15,56H2,1-4H3/b36-22+,37-23+. The molecule has 0 spiro atoms. The quantitative estimate of drug-likeness (QED) is 0.0701. The molecule has 3 aliphatic rings. The topological polar surface area (TPSA) is 54.4 Å². The Kier molecular flexibility index (Phi) is 10.3. The molecule has 4 heteroatoms. The van der Waals surface area contributed by atoms with Crippen molar-refractivity contribution in [3.8, 4) is 11.4 Å². The molecule has 5 aromatic carbocycles. The van der Waals surface area contributed by atoms with Gasteiger partial charge in [0.2, 0.25) is 0 Å². The number of aromatic nitrogens is 1. The number of benzene rings is 5. The van der Waals surface area contributed by atoms with Gasteiger partial charge in [-0.25, -0.2) is 0 Å². The molecule has 2 unspecified atom stereocenters. The van der Waals surface area contributed by atoms with Gasteiger partial charge in [0.15, 0.2) is 0 Å². The molecule has 1 heterocycles. The Bertz CT molecular complexity index is 2910. The number of nitrogens with zero attached hydrogens (tertiary/aromatic N) is 2. The minimum atomic E-state index is 0.0885. The van der Waals surface area contributed by atoms with Crippen LogP contribution in [0.4, 0.5) is 17.1 Å². The first kappa shape index (κ1) is 38.0. The Balaban J connectivity index is 1.12. The second-order valence-electron chi connectivity index (χ2n) is 16.5. The number of anilines is 3. The third-order valence-electron chi connectivity index (χ3n) is 12.7. The van der Waals surface area contributed by atoms with Crippen molar-refractivity contribution in [1.29, 1.82) is 0 Å². The predicted octanol–water partition coefficient (Wildman–Crippen LogP) is 12.8. The molecular formula is C55H53N3O. The monoisotopic (exact) mass is 771 g/mol. The van der Waals surface area contributed by atoms with E-state index in [1.807, 2.05) is 12.1 Å². The van der Waals surface area contributed by atoms with E-state index in [4.69, 9.17) is 5.73 Å². The Morgan fingerprint density at radius 2 is 1.59 bits per heavy atom. The van der Waals surface area contributed by atoms with E-state index in [1.165, 1.54) is 62.4 Å². The van der Waals surface area contributed by atoms with Crippen LogP contribution in [0.5, 0.6) is 5.75 Å². The Hall–Kier alpha value is -6.52. The van der Waals surface area contributed by atoms with Gasteiger partial charge in [-0.1, -0.05) is 104 Å². The summed E-state index contributed by atoms with van der Waals surface area (Å²) in [7, 11) is 0. The molecule has 294 valence electrons. The summed E-state index contributed by atoms with van der Waals surface area (Å²) in [6.45, 7) is 8.95. The molecule has 3 N–H and O–H groups in total. The maximum absolute atomic E-state index is 10.9. The van der Waals surface area contributed by atoms with E-state index in [2.05, 4.69) is 183 Å². The number of fused-ring (bicyclic) bond motifs is 4. The zero-order valence-corrected chi connectivity index (χ0v) is 34.6. The molecule has 0 saturated heterocycles. The fourth-order valence-corrected chi connectivity index (χ4v) is 9.23. The second-order valence-corrected chi connectivity index (χ2v) is 16.5. The summed E-state index contributed by atoms with van der Waals surface area (Å²) in [5.74, 6) is 0.883. The number of nitrogen functional groups attached to an aromatic ring is 1. The van der Waals surface area contributed by atoms with Gasteiger partial charge in [-0.05, 0) is 158 Å². The van der Waals surface area contributed by atoms with E-state index >= 15 is 0 Å².